The molecule has 1 N–H and O–H groups in total. The molecule has 0 spiro atoms. The molecule has 2 unspecified atom stereocenters. The van der Waals surface area contributed by atoms with Crippen molar-refractivity contribution in [3.8, 4) is 0 Å². The van der Waals surface area contributed by atoms with Crippen LogP contribution in [0.4, 0.5) is 0 Å². The molecule has 0 heterocycles. The van der Waals surface area contributed by atoms with Crippen LogP contribution in [0.15, 0.2) is 0 Å². The van der Waals surface area contributed by atoms with Crippen molar-refractivity contribution in [1.82, 2.24) is 5.32 Å². The van der Waals surface area contributed by atoms with E-state index in [0.29, 0.717) is 18.1 Å². The minimum atomic E-state index is 0.403. The van der Waals surface area contributed by atoms with E-state index in [1.807, 2.05) is 0 Å². The van der Waals surface area contributed by atoms with Crippen molar-refractivity contribution in [3.05, 3.63) is 0 Å². The second-order valence-corrected chi connectivity index (χ2v) is 4.34. The van der Waals surface area contributed by atoms with Crippen LogP contribution in [0.2, 0.25) is 0 Å². The van der Waals surface area contributed by atoms with Crippen molar-refractivity contribution in [2.45, 2.75) is 59.6 Å². The van der Waals surface area contributed by atoms with Crippen molar-refractivity contribution >= 4 is 0 Å². The van der Waals surface area contributed by atoms with Gasteiger partial charge < -0.3 is 10.1 Å². The third kappa shape index (κ3) is 6.39. The van der Waals surface area contributed by atoms with Crippen molar-refractivity contribution in [1.29, 1.82) is 0 Å². The van der Waals surface area contributed by atoms with Crippen LogP contribution in [0, 0.1) is 5.92 Å². The molecule has 0 aromatic rings. The molecule has 0 aromatic heterocycles. The Balaban J connectivity index is 3.69. The van der Waals surface area contributed by atoms with Gasteiger partial charge in [0.1, 0.15) is 0 Å². The predicted molar refractivity (Wildman–Crippen MR) is 62.6 cm³/mol. The van der Waals surface area contributed by atoms with Crippen LogP contribution in [-0.2, 0) is 4.74 Å². The van der Waals surface area contributed by atoms with E-state index in [4.69, 9.17) is 4.74 Å². The van der Waals surface area contributed by atoms with Gasteiger partial charge in [-0.3, -0.25) is 0 Å². The molecule has 0 saturated carbocycles. The van der Waals surface area contributed by atoms with E-state index < -0.39 is 0 Å². The molecule has 0 aliphatic rings. The van der Waals surface area contributed by atoms with Crippen molar-refractivity contribution in [2.24, 2.45) is 5.92 Å². The molecule has 14 heavy (non-hydrogen) atoms. The Morgan fingerprint density at radius 1 is 1.14 bits per heavy atom. The summed E-state index contributed by atoms with van der Waals surface area (Å²) in [5.74, 6) is 0.642. The smallest absolute Gasteiger partial charge is 0.0625 e. The number of nitrogens with one attached hydrogen (secondary N) is 1. The molecule has 0 aliphatic carbocycles. The van der Waals surface area contributed by atoms with E-state index in [1.165, 1.54) is 6.42 Å². The Bertz CT molecular complexity index is 125. The van der Waals surface area contributed by atoms with E-state index in [2.05, 4.69) is 39.9 Å². The second-order valence-electron chi connectivity index (χ2n) is 4.34. The summed E-state index contributed by atoms with van der Waals surface area (Å²) in [4.78, 5) is 0. The number of likely N-dealkylation sites (N-methyl/N-ethyl adjacent to an activating group) is 1. The minimum Gasteiger partial charge on any atom is -0.377 e. The van der Waals surface area contributed by atoms with E-state index in [-0.39, 0.29) is 0 Å². The lowest BCUT2D eigenvalue weighted by Gasteiger charge is -2.23. The summed E-state index contributed by atoms with van der Waals surface area (Å²) in [6, 6.07) is 0.499. The van der Waals surface area contributed by atoms with Gasteiger partial charge in [-0.1, -0.05) is 34.1 Å². The van der Waals surface area contributed by atoms with Gasteiger partial charge >= 0.3 is 0 Å². The molecule has 86 valence electrons. The third-order valence-electron chi connectivity index (χ3n) is 2.53. The Labute approximate surface area is 89.4 Å². The Morgan fingerprint density at radius 2 is 1.79 bits per heavy atom. The van der Waals surface area contributed by atoms with Crippen LogP contribution in [0.3, 0.4) is 0 Å². The highest BCUT2D eigenvalue weighted by Gasteiger charge is 2.13. The molecule has 0 saturated heterocycles. The van der Waals surface area contributed by atoms with Crippen molar-refractivity contribution in [3.63, 3.8) is 0 Å². The summed E-state index contributed by atoms with van der Waals surface area (Å²) in [7, 11) is 0. The fraction of sp³-hybridized carbons (Fsp3) is 1.00. The van der Waals surface area contributed by atoms with E-state index in [1.54, 1.807) is 0 Å². The molecule has 2 heteroatoms. The molecular weight excluding hydrogens is 174 g/mol. The maximum atomic E-state index is 5.80. The number of hydrogen-bond acceptors (Lipinski definition) is 2. The summed E-state index contributed by atoms with van der Waals surface area (Å²) in [5, 5.41) is 3.45. The molecule has 0 fully saturated rings. The number of hydrogen-bond donors (Lipinski definition) is 1. The van der Waals surface area contributed by atoms with Gasteiger partial charge in [0.2, 0.25) is 0 Å². The van der Waals surface area contributed by atoms with Crippen molar-refractivity contribution < 1.29 is 4.74 Å². The largest absolute Gasteiger partial charge is 0.377 e. The van der Waals surface area contributed by atoms with Crippen LogP contribution in [-0.4, -0.2) is 25.3 Å². The van der Waals surface area contributed by atoms with Crippen molar-refractivity contribution in [2.75, 3.05) is 13.2 Å². The Morgan fingerprint density at radius 3 is 2.21 bits per heavy atom. The summed E-state index contributed by atoms with van der Waals surface area (Å²) in [6.45, 7) is 12.8. The highest BCUT2D eigenvalue weighted by Crippen LogP contribution is 2.06. The van der Waals surface area contributed by atoms with Gasteiger partial charge in [0, 0.05) is 6.04 Å². The first-order valence-electron chi connectivity index (χ1n) is 5.96. The van der Waals surface area contributed by atoms with E-state index >= 15 is 0 Å². The highest BCUT2D eigenvalue weighted by molar-refractivity contribution is 4.69. The maximum absolute atomic E-state index is 5.80. The van der Waals surface area contributed by atoms with Crippen LogP contribution >= 0.6 is 0 Å². The summed E-state index contributed by atoms with van der Waals surface area (Å²) >= 11 is 0. The third-order valence-corrected chi connectivity index (χ3v) is 2.53. The second kappa shape index (κ2) is 8.25. The van der Waals surface area contributed by atoms with Gasteiger partial charge in [0.25, 0.3) is 0 Å². The lowest BCUT2D eigenvalue weighted by atomic mass is 10.1. The average Bonchev–Trinajstić information content (AvgIpc) is 2.12. The Hall–Kier alpha value is -0.0800. The number of ether oxygens (including phenoxy) is 1. The lowest BCUT2D eigenvalue weighted by molar-refractivity contribution is 0.0363. The fourth-order valence-corrected chi connectivity index (χ4v) is 1.51. The molecular formula is C12H27NO. The van der Waals surface area contributed by atoms with Crippen LogP contribution in [0.1, 0.15) is 47.5 Å². The zero-order valence-corrected chi connectivity index (χ0v) is 10.5. The molecule has 0 amide bonds. The van der Waals surface area contributed by atoms with E-state index in [0.717, 1.165) is 19.6 Å². The summed E-state index contributed by atoms with van der Waals surface area (Å²) in [6.07, 6.45) is 2.77. The SMILES string of the molecule is CCCC(C)OCC(NCC)C(C)C. The topological polar surface area (TPSA) is 21.3 Å². The van der Waals surface area contributed by atoms with Gasteiger partial charge in [-0.2, -0.15) is 0 Å². The van der Waals surface area contributed by atoms with Gasteiger partial charge in [0.05, 0.1) is 12.7 Å². The van der Waals surface area contributed by atoms with Gasteiger partial charge in [-0.15, -0.1) is 0 Å². The Kier molecular flexibility index (Phi) is 8.20. The lowest BCUT2D eigenvalue weighted by Crippen LogP contribution is -2.38. The first-order valence-corrected chi connectivity index (χ1v) is 5.96. The van der Waals surface area contributed by atoms with Crippen LogP contribution in [0.25, 0.3) is 0 Å². The van der Waals surface area contributed by atoms with Crippen LogP contribution < -0.4 is 5.32 Å². The monoisotopic (exact) mass is 201 g/mol. The zero-order valence-electron chi connectivity index (χ0n) is 10.5. The van der Waals surface area contributed by atoms with Gasteiger partial charge in [-0.25, -0.2) is 0 Å². The molecule has 0 bridgehead atoms. The molecule has 0 aliphatic heterocycles. The maximum Gasteiger partial charge on any atom is 0.0625 e. The first-order chi connectivity index (χ1) is 6.61. The standard InChI is InChI=1S/C12H27NO/c1-6-8-11(5)14-9-12(10(3)4)13-7-2/h10-13H,6-9H2,1-5H3. The quantitative estimate of drug-likeness (QED) is 0.652. The molecule has 0 aromatic carbocycles. The zero-order chi connectivity index (χ0) is 11.0. The first kappa shape index (κ1) is 13.9. The number of rotatable bonds is 8. The predicted octanol–water partition coefficient (Wildman–Crippen LogP) is 2.83. The summed E-state index contributed by atoms with van der Waals surface area (Å²) in [5.41, 5.74) is 0. The van der Waals surface area contributed by atoms with Gasteiger partial charge in [-0.05, 0) is 25.8 Å². The molecule has 0 radical (unpaired) electrons. The normalized spacial score (nSPS) is 15.9. The van der Waals surface area contributed by atoms with E-state index in [9.17, 15) is 0 Å². The molecule has 0 rings (SSSR count). The van der Waals surface area contributed by atoms with Gasteiger partial charge in [0.15, 0.2) is 0 Å². The minimum absolute atomic E-state index is 0.403. The van der Waals surface area contributed by atoms with Crippen LogP contribution in [0.5, 0.6) is 0 Å². The summed E-state index contributed by atoms with van der Waals surface area (Å²) < 4.78 is 5.80. The molecule has 2 nitrogen and oxygen atoms in total. The fourth-order valence-electron chi connectivity index (χ4n) is 1.51. The molecule has 2 atom stereocenters. The average molecular weight is 201 g/mol. The highest BCUT2D eigenvalue weighted by atomic mass is 16.5.